The molecule has 0 saturated carbocycles. The Bertz CT molecular complexity index is 596. The van der Waals surface area contributed by atoms with Crippen molar-refractivity contribution in [3.05, 3.63) is 23.3 Å². The van der Waals surface area contributed by atoms with E-state index < -0.39 is 16.8 Å². The van der Waals surface area contributed by atoms with Crippen molar-refractivity contribution in [3.63, 3.8) is 0 Å². The standard InChI is InChI=1S/C13H18FNO3S/c1-13(2)7-10-5-9(3-4-14)6-11(19(16,17)18)12(10)15-8-13/h5-6,15H,3-4,7-8H2,1-2H3,(H,16,17,18). The van der Waals surface area contributed by atoms with Gasteiger partial charge in [0.25, 0.3) is 10.1 Å². The van der Waals surface area contributed by atoms with Crippen molar-refractivity contribution in [1.29, 1.82) is 0 Å². The van der Waals surface area contributed by atoms with Crippen molar-refractivity contribution >= 4 is 15.8 Å². The highest BCUT2D eigenvalue weighted by molar-refractivity contribution is 7.86. The van der Waals surface area contributed by atoms with E-state index in [1.165, 1.54) is 6.07 Å². The third-order valence-electron chi connectivity index (χ3n) is 3.32. The Morgan fingerprint density at radius 1 is 1.42 bits per heavy atom. The molecule has 0 aromatic heterocycles. The lowest BCUT2D eigenvalue weighted by atomic mass is 9.81. The average Bonchev–Trinajstić information content (AvgIpc) is 2.25. The van der Waals surface area contributed by atoms with E-state index >= 15 is 0 Å². The number of fused-ring (bicyclic) bond motifs is 1. The highest BCUT2D eigenvalue weighted by Gasteiger charge is 2.29. The molecule has 1 aromatic carbocycles. The fourth-order valence-corrected chi connectivity index (χ4v) is 3.20. The maximum atomic E-state index is 12.5. The summed E-state index contributed by atoms with van der Waals surface area (Å²) in [6.07, 6.45) is 0.841. The highest BCUT2D eigenvalue weighted by atomic mass is 32.2. The van der Waals surface area contributed by atoms with Crippen LogP contribution in [0.2, 0.25) is 0 Å². The van der Waals surface area contributed by atoms with Crippen LogP contribution in [-0.2, 0) is 23.0 Å². The molecule has 0 amide bonds. The second-order valence-electron chi connectivity index (χ2n) is 5.74. The zero-order valence-corrected chi connectivity index (χ0v) is 11.8. The van der Waals surface area contributed by atoms with Gasteiger partial charge in [-0.3, -0.25) is 8.94 Å². The van der Waals surface area contributed by atoms with Crippen molar-refractivity contribution in [1.82, 2.24) is 0 Å². The maximum Gasteiger partial charge on any atom is 0.296 e. The largest absolute Gasteiger partial charge is 0.383 e. The first-order chi connectivity index (χ1) is 8.73. The number of hydrogen-bond acceptors (Lipinski definition) is 3. The molecule has 2 N–H and O–H groups in total. The van der Waals surface area contributed by atoms with Crippen LogP contribution in [0.1, 0.15) is 25.0 Å². The van der Waals surface area contributed by atoms with Crippen molar-refractivity contribution in [2.45, 2.75) is 31.6 Å². The summed E-state index contributed by atoms with van der Waals surface area (Å²) in [5.74, 6) is 0. The lowest BCUT2D eigenvalue weighted by Gasteiger charge is -2.33. The molecule has 0 atom stereocenters. The highest BCUT2D eigenvalue weighted by Crippen LogP contribution is 2.37. The molecule has 1 aliphatic rings. The first kappa shape index (κ1) is 14.3. The van der Waals surface area contributed by atoms with Gasteiger partial charge < -0.3 is 5.32 Å². The molecular weight excluding hydrogens is 269 g/mol. The van der Waals surface area contributed by atoms with Gasteiger partial charge in [-0.25, -0.2) is 0 Å². The molecule has 1 aromatic rings. The number of hydrogen-bond donors (Lipinski definition) is 2. The number of nitrogens with one attached hydrogen (secondary N) is 1. The van der Waals surface area contributed by atoms with E-state index in [1.807, 2.05) is 6.07 Å². The van der Waals surface area contributed by atoms with E-state index in [4.69, 9.17) is 0 Å². The molecule has 1 aliphatic heterocycles. The van der Waals surface area contributed by atoms with Gasteiger partial charge in [0, 0.05) is 13.0 Å². The van der Waals surface area contributed by atoms with Gasteiger partial charge in [-0.2, -0.15) is 8.42 Å². The number of halogens is 1. The van der Waals surface area contributed by atoms with Crippen LogP contribution >= 0.6 is 0 Å². The molecule has 0 bridgehead atoms. The molecule has 0 fully saturated rings. The third-order valence-corrected chi connectivity index (χ3v) is 4.20. The normalized spacial score (nSPS) is 17.7. The second-order valence-corrected chi connectivity index (χ2v) is 7.13. The number of anilines is 1. The first-order valence-electron chi connectivity index (χ1n) is 6.16. The van der Waals surface area contributed by atoms with Crippen LogP contribution in [0.5, 0.6) is 0 Å². The molecule has 106 valence electrons. The minimum absolute atomic E-state index is 0.00216. The van der Waals surface area contributed by atoms with E-state index in [9.17, 15) is 17.4 Å². The second kappa shape index (κ2) is 4.76. The molecule has 0 unspecified atom stereocenters. The quantitative estimate of drug-likeness (QED) is 0.838. The van der Waals surface area contributed by atoms with Crippen molar-refractivity contribution < 1.29 is 17.4 Å². The molecule has 0 spiro atoms. The SMILES string of the molecule is CC1(C)CNc2c(cc(CCF)cc2S(=O)(=O)O)C1. The van der Waals surface area contributed by atoms with Gasteiger partial charge in [-0.1, -0.05) is 19.9 Å². The molecule has 4 nitrogen and oxygen atoms in total. The van der Waals surface area contributed by atoms with Crippen LogP contribution in [-0.4, -0.2) is 26.2 Å². The molecule has 0 saturated heterocycles. The third kappa shape index (κ3) is 3.06. The van der Waals surface area contributed by atoms with Crippen LogP contribution < -0.4 is 5.32 Å². The Balaban J connectivity index is 2.59. The summed E-state index contributed by atoms with van der Waals surface area (Å²) in [7, 11) is -4.31. The molecule has 0 radical (unpaired) electrons. The van der Waals surface area contributed by atoms with Gasteiger partial charge in [0.1, 0.15) is 4.90 Å². The van der Waals surface area contributed by atoms with Gasteiger partial charge >= 0.3 is 0 Å². The number of rotatable bonds is 3. The smallest absolute Gasteiger partial charge is 0.296 e. The Kier molecular flexibility index (Phi) is 3.57. The summed E-state index contributed by atoms with van der Waals surface area (Å²) in [6, 6.07) is 3.16. The van der Waals surface area contributed by atoms with Crippen LogP contribution in [0.3, 0.4) is 0 Å². The first-order valence-corrected chi connectivity index (χ1v) is 7.60. The van der Waals surface area contributed by atoms with Gasteiger partial charge in [0.15, 0.2) is 0 Å². The van der Waals surface area contributed by atoms with Gasteiger partial charge in [-0.05, 0) is 29.0 Å². The summed E-state index contributed by atoms with van der Waals surface area (Å²) in [4.78, 5) is -0.149. The van der Waals surface area contributed by atoms with Crippen LogP contribution in [0.4, 0.5) is 10.1 Å². The van der Waals surface area contributed by atoms with Crippen molar-refractivity contribution in [3.8, 4) is 0 Å². The van der Waals surface area contributed by atoms with E-state index in [0.29, 0.717) is 24.2 Å². The zero-order valence-electron chi connectivity index (χ0n) is 11.0. The lowest BCUT2D eigenvalue weighted by molar-refractivity contribution is 0.377. The van der Waals surface area contributed by atoms with E-state index in [0.717, 1.165) is 5.56 Å². The van der Waals surface area contributed by atoms with Crippen LogP contribution in [0.25, 0.3) is 0 Å². The Hall–Kier alpha value is -1.14. The predicted octanol–water partition coefficient (Wildman–Crippen LogP) is 2.44. The summed E-state index contributed by atoms with van der Waals surface area (Å²) >= 11 is 0. The Morgan fingerprint density at radius 2 is 2.11 bits per heavy atom. The van der Waals surface area contributed by atoms with Gasteiger partial charge in [0.2, 0.25) is 0 Å². The minimum Gasteiger partial charge on any atom is -0.383 e. The summed E-state index contributed by atoms with van der Waals surface area (Å²) < 4.78 is 44.7. The Morgan fingerprint density at radius 3 is 2.68 bits per heavy atom. The molecule has 1 heterocycles. The fourth-order valence-electron chi connectivity index (χ4n) is 2.44. The Labute approximate surface area is 112 Å². The van der Waals surface area contributed by atoms with Crippen molar-refractivity contribution in [2.75, 3.05) is 18.5 Å². The molecule has 6 heteroatoms. The lowest BCUT2D eigenvalue weighted by Crippen LogP contribution is -2.31. The van der Waals surface area contributed by atoms with E-state index in [1.54, 1.807) is 0 Å². The molecular formula is C13H18FNO3S. The monoisotopic (exact) mass is 287 g/mol. The van der Waals surface area contributed by atoms with Crippen LogP contribution in [0.15, 0.2) is 17.0 Å². The number of benzene rings is 1. The van der Waals surface area contributed by atoms with E-state index in [2.05, 4.69) is 19.2 Å². The molecule has 19 heavy (non-hydrogen) atoms. The number of aryl methyl sites for hydroxylation is 1. The fraction of sp³-hybridized carbons (Fsp3) is 0.538. The van der Waals surface area contributed by atoms with E-state index in [-0.39, 0.29) is 16.7 Å². The van der Waals surface area contributed by atoms with Gasteiger partial charge in [-0.15, -0.1) is 0 Å². The van der Waals surface area contributed by atoms with Crippen LogP contribution in [0, 0.1) is 5.41 Å². The van der Waals surface area contributed by atoms with Gasteiger partial charge in [0.05, 0.1) is 12.4 Å². The number of alkyl halides is 1. The topological polar surface area (TPSA) is 66.4 Å². The maximum absolute atomic E-state index is 12.5. The molecule has 0 aliphatic carbocycles. The minimum atomic E-state index is -4.31. The predicted molar refractivity (Wildman–Crippen MR) is 71.9 cm³/mol. The zero-order chi connectivity index (χ0) is 14.3. The average molecular weight is 287 g/mol. The molecule has 2 rings (SSSR count). The summed E-state index contributed by atoms with van der Waals surface area (Å²) in [5.41, 5.74) is 1.85. The summed E-state index contributed by atoms with van der Waals surface area (Å²) in [5, 5.41) is 3.06. The van der Waals surface area contributed by atoms with Crippen molar-refractivity contribution in [2.24, 2.45) is 5.41 Å². The summed E-state index contributed by atoms with van der Waals surface area (Å²) in [6.45, 7) is 4.21.